The Balaban J connectivity index is 1.43. The Kier molecular flexibility index (Phi) is 7.49. The monoisotopic (exact) mass is 609 g/mol. The molecule has 4 atom stereocenters. The minimum Gasteiger partial charge on any atom is -0.336 e. The second kappa shape index (κ2) is 10.6. The van der Waals surface area contributed by atoms with Gasteiger partial charge in [-0.15, -0.1) is 0 Å². The maximum Gasteiger partial charge on any atom is 0.471 e. The molecule has 0 aromatic heterocycles. The van der Waals surface area contributed by atoms with Gasteiger partial charge in [0.15, 0.2) is 14.6 Å². The van der Waals surface area contributed by atoms with E-state index in [1.54, 1.807) is 11.4 Å². The number of carbonyl (C=O) groups is 4. The van der Waals surface area contributed by atoms with Gasteiger partial charge in [-0.3, -0.25) is 19.2 Å². The summed E-state index contributed by atoms with van der Waals surface area (Å²) in [5.74, 6) is -4.82. The van der Waals surface area contributed by atoms with Crippen LogP contribution in [-0.2, 0) is 29.0 Å². The van der Waals surface area contributed by atoms with Crippen LogP contribution in [0.3, 0.4) is 0 Å². The van der Waals surface area contributed by atoms with Gasteiger partial charge in [0, 0.05) is 13.5 Å². The predicted octanol–water partition coefficient (Wildman–Crippen LogP) is 1.75. The first kappa shape index (κ1) is 29.8. The van der Waals surface area contributed by atoms with Crippen LogP contribution in [0, 0.1) is 23.2 Å². The van der Waals surface area contributed by atoms with Crippen molar-refractivity contribution in [3.8, 4) is 6.07 Å². The van der Waals surface area contributed by atoms with Gasteiger partial charge in [0.2, 0.25) is 17.7 Å². The van der Waals surface area contributed by atoms with Crippen molar-refractivity contribution in [3.05, 3.63) is 24.3 Å². The van der Waals surface area contributed by atoms with Gasteiger partial charge in [-0.25, -0.2) is 8.42 Å². The number of hydrogen-bond acceptors (Lipinski definition) is 7. The summed E-state index contributed by atoms with van der Waals surface area (Å²) in [5.41, 5.74) is 0.0888. The number of likely N-dealkylation sites (tertiary alicyclic amines) is 1. The number of sulfone groups is 1. The molecule has 4 aliphatic rings. The van der Waals surface area contributed by atoms with Crippen LogP contribution in [0.1, 0.15) is 44.9 Å². The first-order valence-corrected chi connectivity index (χ1v) is 15.2. The summed E-state index contributed by atoms with van der Waals surface area (Å²) < 4.78 is 64.4. The summed E-state index contributed by atoms with van der Waals surface area (Å²) in [6.07, 6.45) is -2.70. The Bertz CT molecular complexity index is 1470. The zero-order valence-electron chi connectivity index (χ0n) is 22.7. The van der Waals surface area contributed by atoms with Gasteiger partial charge in [0.05, 0.1) is 23.2 Å². The molecule has 4 amide bonds. The molecule has 11 nitrogen and oxygen atoms in total. The number of fused-ring (bicyclic) bond motifs is 1. The van der Waals surface area contributed by atoms with Crippen LogP contribution in [0.2, 0.25) is 0 Å². The third-order valence-electron chi connectivity index (χ3n) is 8.59. The number of alkyl halides is 3. The molecule has 1 spiro atoms. The number of anilines is 1. The SMILES string of the molecule is CN(C(=O)C(CC1CC1)NC(=O)C(F)(F)F)C(CC1CC1)C(=O)N1C[C@]2(C[C@H]1C#N)C(=O)Nc1ccccc1S2(=O)=O. The molecule has 2 N–H and O–H groups in total. The van der Waals surface area contributed by atoms with Gasteiger partial charge in [-0.1, -0.05) is 37.8 Å². The van der Waals surface area contributed by atoms with Gasteiger partial charge in [-0.05, 0) is 36.8 Å². The van der Waals surface area contributed by atoms with E-state index < -0.39 is 75.5 Å². The second-order valence-corrected chi connectivity index (χ2v) is 13.8. The number of amides is 4. The number of nitrogens with zero attached hydrogens (tertiary/aromatic N) is 3. The highest BCUT2D eigenvalue weighted by atomic mass is 32.2. The number of benzene rings is 1. The minimum absolute atomic E-state index is 0.0270. The number of carbonyl (C=O) groups excluding carboxylic acids is 4. The highest BCUT2D eigenvalue weighted by molar-refractivity contribution is 7.94. The zero-order chi connectivity index (χ0) is 30.6. The molecule has 15 heteroatoms. The Morgan fingerprint density at radius 1 is 1.17 bits per heavy atom. The van der Waals surface area contributed by atoms with E-state index in [-0.39, 0.29) is 35.3 Å². The molecule has 2 unspecified atom stereocenters. The van der Waals surface area contributed by atoms with E-state index in [2.05, 4.69) is 5.32 Å². The Morgan fingerprint density at radius 2 is 1.79 bits per heavy atom. The standard InChI is InChI=1S/C27H30F3N5O6S/c1-34(22(36)19(10-15-6-7-15)33-25(39)27(28,29)30)20(11-16-8-9-16)23(37)35-14-26(12-17(35)13-31)24(38)32-18-4-2-3-5-21(18)42(26,40)41/h2-5,15-17,19-20H,6-12,14H2,1H3,(H,32,38)(H,33,39)/t17-,19?,20?,26+/m0/s1. The third-order valence-corrected chi connectivity index (χ3v) is 11.0. The number of nitrogens with one attached hydrogen (secondary N) is 2. The lowest BCUT2D eigenvalue weighted by atomic mass is 10.0. The lowest BCUT2D eigenvalue weighted by Crippen LogP contribution is -2.58. The fourth-order valence-electron chi connectivity index (χ4n) is 5.78. The van der Waals surface area contributed by atoms with E-state index in [0.29, 0.717) is 12.8 Å². The number of para-hydroxylation sites is 1. The van der Waals surface area contributed by atoms with E-state index in [0.717, 1.165) is 22.6 Å². The predicted molar refractivity (Wildman–Crippen MR) is 140 cm³/mol. The Labute approximate surface area is 240 Å². The van der Waals surface area contributed by atoms with Crippen molar-refractivity contribution in [2.75, 3.05) is 18.9 Å². The molecule has 3 fully saturated rings. The van der Waals surface area contributed by atoms with Gasteiger partial charge in [-0.2, -0.15) is 18.4 Å². The summed E-state index contributed by atoms with van der Waals surface area (Å²) in [6.45, 7) is -0.633. The minimum atomic E-state index is -5.21. The van der Waals surface area contributed by atoms with Gasteiger partial charge < -0.3 is 20.4 Å². The van der Waals surface area contributed by atoms with Crippen molar-refractivity contribution in [1.29, 1.82) is 5.26 Å². The van der Waals surface area contributed by atoms with Crippen LogP contribution in [0.5, 0.6) is 0 Å². The summed E-state index contributed by atoms with van der Waals surface area (Å²) >= 11 is 0. The first-order chi connectivity index (χ1) is 19.7. The van der Waals surface area contributed by atoms with Crippen molar-refractivity contribution in [2.24, 2.45) is 11.8 Å². The quantitative estimate of drug-likeness (QED) is 0.455. The Hall–Kier alpha value is -3.67. The smallest absolute Gasteiger partial charge is 0.336 e. The van der Waals surface area contributed by atoms with Gasteiger partial charge >= 0.3 is 12.1 Å². The molecule has 2 heterocycles. The molecule has 2 aliphatic heterocycles. The Morgan fingerprint density at radius 3 is 2.38 bits per heavy atom. The summed E-state index contributed by atoms with van der Waals surface area (Å²) in [6, 6.07) is 3.63. The molecular weight excluding hydrogens is 579 g/mol. The lowest BCUT2D eigenvalue weighted by molar-refractivity contribution is -0.175. The van der Waals surface area contributed by atoms with Gasteiger partial charge in [0.1, 0.15) is 18.1 Å². The number of halogens is 3. The van der Waals surface area contributed by atoms with Crippen LogP contribution in [0.15, 0.2) is 29.2 Å². The first-order valence-electron chi connectivity index (χ1n) is 13.7. The maximum absolute atomic E-state index is 14.0. The van der Waals surface area contributed by atoms with Crippen LogP contribution >= 0.6 is 0 Å². The number of hydrogen-bond donors (Lipinski definition) is 2. The molecule has 42 heavy (non-hydrogen) atoms. The molecule has 1 saturated heterocycles. The molecule has 5 rings (SSSR count). The van der Waals surface area contributed by atoms with E-state index in [1.807, 2.05) is 6.07 Å². The largest absolute Gasteiger partial charge is 0.471 e. The molecular formula is C27H30F3N5O6S. The lowest BCUT2D eigenvalue weighted by Gasteiger charge is -2.35. The fourth-order valence-corrected chi connectivity index (χ4v) is 7.85. The van der Waals surface area contributed by atoms with E-state index in [9.17, 15) is 46.0 Å². The van der Waals surface area contributed by atoms with E-state index in [4.69, 9.17) is 0 Å². The molecule has 226 valence electrons. The average molecular weight is 610 g/mol. The van der Waals surface area contributed by atoms with Crippen molar-refractivity contribution < 1.29 is 40.8 Å². The molecule has 1 aromatic carbocycles. The molecule has 2 saturated carbocycles. The average Bonchev–Trinajstić information content (AvgIpc) is 3.87. The van der Waals surface area contributed by atoms with Crippen LogP contribution in [0.4, 0.5) is 18.9 Å². The fraction of sp³-hybridized carbons (Fsp3) is 0.593. The topological polar surface area (TPSA) is 157 Å². The number of likely N-dealkylation sites (N-methyl/N-ethyl adjacent to an activating group) is 1. The second-order valence-electron chi connectivity index (χ2n) is 11.6. The highest BCUT2D eigenvalue weighted by Gasteiger charge is 2.63. The summed E-state index contributed by atoms with van der Waals surface area (Å²) in [5, 5.41) is 14.3. The molecule has 0 bridgehead atoms. The number of rotatable bonds is 8. The maximum atomic E-state index is 14.0. The van der Waals surface area contributed by atoms with E-state index >= 15 is 0 Å². The normalized spacial score (nSPS) is 26.0. The van der Waals surface area contributed by atoms with Crippen molar-refractivity contribution in [3.63, 3.8) is 0 Å². The van der Waals surface area contributed by atoms with E-state index in [1.165, 1.54) is 25.2 Å². The number of nitriles is 1. The van der Waals surface area contributed by atoms with Crippen LogP contribution in [0.25, 0.3) is 0 Å². The molecule has 0 radical (unpaired) electrons. The van der Waals surface area contributed by atoms with Crippen molar-refractivity contribution in [2.45, 2.75) is 78.9 Å². The van der Waals surface area contributed by atoms with Crippen molar-refractivity contribution >= 4 is 39.2 Å². The summed E-state index contributed by atoms with van der Waals surface area (Å²) in [7, 11) is -3.10. The van der Waals surface area contributed by atoms with Gasteiger partial charge in [0.25, 0.3) is 0 Å². The summed E-state index contributed by atoms with van der Waals surface area (Å²) in [4.78, 5) is 54.4. The van der Waals surface area contributed by atoms with Crippen molar-refractivity contribution in [1.82, 2.24) is 15.1 Å². The highest BCUT2D eigenvalue weighted by Crippen LogP contribution is 2.45. The third kappa shape index (κ3) is 5.32. The molecule has 2 aliphatic carbocycles. The zero-order valence-corrected chi connectivity index (χ0v) is 23.5. The van der Waals surface area contributed by atoms with Crippen LogP contribution in [-0.4, -0.2) is 84.5 Å². The molecule has 1 aromatic rings. The van der Waals surface area contributed by atoms with Crippen LogP contribution < -0.4 is 10.6 Å².